The average molecular weight is 327 g/mol. The van der Waals surface area contributed by atoms with Crippen molar-refractivity contribution in [1.29, 1.82) is 0 Å². The van der Waals surface area contributed by atoms with E-state index < -0.39 is 0 Å². The van der Waals surface area contributed by atoms with Gasteiger partial charge in [0.05, 0.1) is 7.11 Å². The Balaban J connectivity index is 1.73. The van der Waals surface area contributed by atoms with Crippen molar-refractivity contribution in [2.24, 2.45) is 0 Å². The van der Waals surface area contributed by atoms with Gasteiger partial charge in [0.25, 0.3) is 5.56 Å². The Kier molecular flexibility index (Phi) is 5.00. The number of nitrogens with one attached hydrogen (secondary N) is 1. The average Bonchev–Trinajstić information content (AvgIpc) is 2.59. The van der Waals surface area contributed by atoms with Crippen LogP contribution in [0.25, 0.3) is 0 Å². The van der Waals surface area contributed by atoms with Crippen LogP contribution in [0.4, 0.5) is 0 Å². The molecule has 0 radical (unpaired) electrons. The highest BCUT2D eigenvalue weighted by atomic mass is 16.5. The largest absolute Gasteiger partial charge is 0.497 e. The Hall–Kier alpha value is -2.14. The van der Waals surface area contributed by atoms with E-state index in [0.717, 1.165) is 49.7 Å². The molecule has 0 amide bonds. The monoisotopic (exact) mass is 327 g/mol. The first-order valence-electron chi connectivity index (χ1n) is 8.49. The lowest BCUT2D eigenvalue weighted by molar-refractivity contribution is 0.196. The van der Waals surface area contributed by atoms with E-state index >= 15 is 0 Å². The fraction of sp³-hybridized carbons (Fsp3) is 0.474. The van der Waals surface area contributed by atoms with Crippen molar-refractivity contribution in [1.82, 2.24) is 14.9 Å². The van der Waals surface area contributed by atoms with E-state index in [1.165, 1.54) is 5.56 Å². The van der Waals surface area contributed by atoms with Crippen LogP contribution in [-0.2, 0) is 6.54 Å². The number of hydrogen-bond donors (Lipinski definition) is 1. The van der Waals surface area contributed by atoms with E-state index in [4.69, 9.17) is 4.74 Å². The number of piperidine rings is 1. The second-order valence-electron chi connectivity index (χ2n) is 6.59. The third kappa shape index (κ3) is 3.67. The molecular weight excluding hydrogens is 302 g/mol. The molecule has 1 atom stereocenters. The molecule has 1 saturated heterocycles. The van der Waals surface area contributed by atoms with Crippen LogP contribution in [0, 0.1) is 13.8 Å². The summed E-state index contributed by atoms with van der Waals surface area (Å²) in [7, 11) is 1.69. The Bertz CT molecular complexity index is 769. The van der Waals surface area contributed by atoms with Crippen LogP contribution in [0.5, 0.6) is 5.75 Å². The number of hydrogen-bond acceptors (Lipinski definition) is 4. The SMILES string of the molecule is COc1cccc(CN2CCC[C@H](c3nc(C)c(C)c(=O)[nH]3)C2)c1. The zero-order valence-electron chi connectivity index (χ0n) is 14.6. The molecule has 2 aromatic rings. The standard InChI is InChI=1S/C19H25N3O2/c1-13-14(2)20-18(21-19(13)23)16-7-5-9-22(12-16)11-15-6-4-8-17(10-15)24-3/h4,6,8,10,16H,5,7,9,11-12H2,1-3H3,(H,20,21,23)/t16-/m0/s1. The van der Waals surface area contributed by atoms with Gasteiger partial charge in [0.2, 0.25) is 0 Å². The molecule has 1 aromatic heterocycles. The Morgan fingerprint density at radius 1 is 1.38 bits per heavy atom. The van der Waals surface area contributed by atoms with Crippen LogP contribution in [0.2, 0.25) is 0 Å². The van der Waals surface area contributed by atoms with Crippen LogP contribution in [0.3, 0.4) is 0 Å². The number of aromatic amines is 1. The Labute approximate surface area is 142 Å². The molecule has 0 spiro atoms. The fourth-order valence-electron chi connectivity index (χ4n) is 3.31. The highest BCUT2D eigenvalue weighted by Gasteiger charge is 2.24. The van der Waals surface area contributed by atoms with Crippen molar-refractivity contribution in [3.05, 3.63) is 57.3 Å². The van der Waals surface area contributed by atoms with Gasteiger partial charge in [-0.25, -0.2) is 4.98 Å². The third-order valence-corrected chi connectivity index (χ3v) is 4.85. The predicted molar refractivity (Wildman–Crippen MR) is 94.6 cm³/mol. The van der Waals surface area contributed by atoms with E-state index in [-0.39, 0.29) is 11.5 Å². The summed E-state index contributed by atoms with van der Waals surface area (Å²) in [5.41, 5.74) is 2.78. The van der Waals surface area contributed by atoms with Gasteiger partial charge in [-0.2, -0.15) is 0 Å². The van der Waals surface area contributed by atoms with Crippen LogP contribution < -0.4 is 10.3 Å². The molecule has 1 aliphatic heterocycles. The first-order chi connectivity index (χ1) is 11.6. The maximum atomic E-state index is 12.0. The quantitative estimate of drug-likeness (QED) is 0.938. The lowest BCUT2D eigenvalue weighted by atomic mass is 9.96. The van der Waals surface area contributed by atoms with Gasteiger partial charge < -0.3 is 9.72 Å². The van der Waals surface area contributed by atoms with E-state index in [2.05, 4.69) is 27.0 Å². The molecule has 5 nitrogen and oxygen atoms in total. The van der Waals surface area contributed by atoms with Crippen molar-refractivity contribution in [3.63, 3.8) is 0 Å². The summed E-state index contributed by atoms with van der Waals surface area (Å²) in [6.45, 7) is 6.61. The van der Waals surface area contributed by atoms with Crippen molar-refractivity contribution in [3.8, 4) is 5.75 Å². The summed E-state index contributed by atoms with van der Waals surface area (Å²) < 4.78 is 5.30. The molecule has 3 rings (SSSR count). The van der Waals surface area contributed by atoms with Crippen molar-refractivity contribution in [2.75, 3.05) is 20.2 Å². The third-order valence-electron chi connectivity index (χ3n) is 4.85. The van der Waals surface area contributed by atoms with Crippen molar-refractivity contribution >= 4 is 0 Å². The highest BCUT2D eigenvalue weighted by Crippen LogP contribution is 2.26. The molecule has 1 N–H and O–H groups in total. The first kappa shape index (κ1) is 16.7. The van der Waals surface area contributed by atoms with E-state index in [1.54, 1.807) is 7.11 Å². The molecule has 24 heavy (non-hydrogen) atoms. The number of likely N-dealkylation sites (tertiary alicyclic amines) is 1. The molecule has 0 aliphatic carbocycles. The lowest BCUT2D eigenvalue weighted by Crippen LogP contribution is -2.35. The minimum atomic E-state index is -0.0116. The Morgan fingerprint density at radius 2 is 2.21 bits per heavy atom. The molecule has 0 unspecified atom stereocenters. The molecular formula is C19H25N3O2. The van der Waals surface area contributed by atoms with Crippen LogP contribution in [0.15, 0.2) is 29.1 Å². The van der Waals surface area contributed by atoms with Gasteiger partial charge in [0, 0.05) is 30.3 Å². The molecule has 1 fully saturated rings. The van der Waals surface area contributed by atoms with Gasteiger partial charge >= 0.3 is 0 Å². The fourth-order valence-corrected chi connectivity index (χ4v) is 3.31. The number of ether oxygens (including phenoxy) is 1. The number of nitrogens with zero attached hydrogens (tertiary/aromatic N) is 2. The minimum absolute atomic E-state index is 0.0116. The second kappa shape index (κ2) is 7.18. The number of benzene rings is 1. The summed E-state index contributed by atoms with van der Waals surface area (Å²) in [5.74, 6) is 2.01. The zero-order chi connectivity index (χ0) is 17.1. The van der Waals surface area contributed by atoms with Crippen LogP contribution in [0.1, 0.15) is 41.4 Å². The molecule has 128 valence electrons. The van der Waals surface area contributed by atoms with E-state index in [1.807, 2.05) is 26.0 Å². The smallest absolute Gasteiger partial charge is 0.254 e. The number of H-pyrrole nitrogens is 1. The van der Waals surface area contributed by atoms with Crippen molar-refractivity contribution < 1.29 is 4.74 Å². The zero-order valence-corrected chi connectivity index (χ0v) is 14.6. The summed E-state index contributed by atoms with van der Waals surface area (Å²) in [5, 5.41) is 0. The highest BCUT2D eigenvalue weighted by molar-refractivity contribution is 5.28. The second-order valence-corrected chi connectivity index (χ2v) is 6.59. The van der Waals surface area contributed by atoms with Crippen LogP contribution in [-0.4, -0.2) is 35.1 Å². The number of aryl methyl sites for hydroxylation is 1. The number of methoxy groups -OCH3 is 1. The first-order valence-corrected chi connectivity index (χ1v) is 8.49. The minimum Gasteiger partial charge on any atom is -0.497 e. The van der Waals surface area contributed by atoms with Gasteiger partial charge in [0.1, 0.15) is 11.6 Å². The van der Waals surface area contributed by atoms with Gasteiger partial charge in [0.15, 0.2) is 0 Å². The van der Waals surface area contributed by atoms with Gasteiger partial charge in [-0.15, -0.1) is 0 Å². The molecule has 0 bridgehead atoms. The summed E-state index contributed by atoms with van der Waals surface area (Å²) in [4.78, 5) is 22.1. The predicted octanol–water partition coefficient (Wildman–Crippen LogP) is 2.77. The van der Waals surface area contributed by atoms with E-state index in [0.29, 0.717) is 5.56 Å². The van der Waals surface area contributed by atoms with Crippen molar-refractivity contribution in [2.45, 2.75) is 39.2 Å². The molecule has 1 aromatic carbocycles. The summed E-state index contributed by atoms with van der Waals surface area (Å²) in [6, 6.07) is 8.20. The maximum absolute atomic E-state index is 12.0. The lowest BCUT2D eigenvalue weighted by Gasteiger charge is -2.32. The maximum Gasteiger partial charge on any atom is 0.254 e. The number of rotatable bonds is 4. The van der Waals surface area contributed by atoms with Gasteiger partial charge in [-0.05, 0) is 50.9 Å². The molecule has 2 heterocycles. The molecule has 1 aliphatic rings. The van der Waals surface area contributed by atoms with Crippen LogP contribution >= 0.6 is 0 Å². The normalized spacial score (nSPS) is 18.5. The Morgan fingerprint density at radius 3 is 2.96 bits per heavy atom. The summed E-state index contributed by atoms with van der Waals surface area (Å²) >= 11 is 0. The van der Waals surface area contributed by atoms with Gasteiger partial charge in [-0.1, -0.05) is 12.1 Å². The topological polar surface area (TPSA) is 58.2 Å². The van der Waals surface area contributed by atoms with Gasteiger partial charge in [-0.3, -0.25) is 9.69 Å². The molecule has 0 saturated carbocycles. The molecule has 5 heteroatoms. The number of aromatic nitrogens is 2. The van der Waals surface area contributed by atoms with E-state index in [9.17, 15) is 4.79 Å². The summed E-state index contributed by atoms with van der Waals surface area (Å²) in [6.07, 6.45) is 2.19.